The minimum Gasteiger partial charge on any atom is -0.466 e. The summed E-state index contributed by atoms with van der Waals surface area (Å²) in [5.41, 5.74) is 12.3. The average Bonchev–Trinajstić information content (AvgIpc) is 3.72. The van der Waals surface area contributed by atoms with Crippen molar-refractivity contribution in [1.29, 1.82) is 0 Å². The number of aromatic nitrogens is 2. The van der Waals surface area contributed by atoms with E-state index in [2.05, 4.69) is 41.8 Å². The number of aryl methyl sites for hydroxylation is 2. The summed E-state index contributed by atoms with van der Waals surface area (Å²) >= 11 is 10.0. The summed E-state index contributed by atoms with van der Waals surface area (Å²) in [5, 5.41) is 19.8. The molecule has 0 radical (unpaired) electrons. The van der Waals surface area contributed by atoms with Gasteiger partial charge in [0.1, 0.15) is 21.5 Å². The number of thiazole rings is 2. The monoisotopic (exact) mass is 870 g/mol. The summed E-state index contributed by atoms with van der Waals surface area (Å²) < 4.78 is 24.3. The number of fused-ring (bicyclic) bond motifs is 2. The molecule has 0 aliphatic rings. The molecule has 0 amide bonds. The lowest BCUT2D eigenvalue weighted by atomic mass is 10.2. The highest BCUT2D eigenvalue weighted by Crippen LogP contribution is 2.32. The number of aliphatic hydroxyl groups is 1. The molecule has 0 spiro atoms. The molecule has 2 aromatic heterocycles. The molecule has 272 valence electrons. The summed E-state index contributed by atoms with van der Waals surface area (Å²) in [6.45, 7) is 4.12. The first-order chi connectivity index (χ1) is 25.0. The Morgan fingerprint density at radius 1 is 0.750 bits per heavy atom. The van der Waals surface area contributed by atoms with Gasteiger partial charge in [0.05, 0.1) is 34.3 Å². The first-order valence-corrected chi connectivity index (χ1v) is 18.6. The van der Waals surface area contributed by atoms with Crippen LogP contribution >= 0.6 is 54.5 Å². The van der Waals surface area contributed by atoms with E-state index in [1.165, 1.54) is 11.3 Å². The van der Waals surface area contributed by atoms with Crippen LogP contribution in [-0.2, 0) is 9.47 Å². The van der Waals surface area contributed by atoms with E-state index in [4.69, 9.17) is 29.8 Å². The van der Waals surface area contributed by atoms with Gasteiger partial charge in [0.2, 0.25) is 0 Å². The number of hydrogen-bond donors (Lipinski definition) is 2. The molecule has 0 bridgehead atoms. The van der Waals surface area contributed by atoms with Crippen molar-refractivity contribution < 1.29 is 29.0 Å². The van der Waals surface area contributed by atoms with Gasteiger partial charge in [0, 0.05) is 38.6 Å². The highest BCUT2D eigenvalue weighted by molar-refractivity contribution is 9.11. The van der Waals surface area contributed by atoms with Gasteiger partial charge in [-0.2, -0.15) is 0 Å². The maximum absolute atomic E-state index is 11.1. The molecule has 0 saturated heterocycles. The zero-order valence-electron chi connectivity index (χ0n) is 28.9. The van der Waals surface area contributed by atoms with E-state index in [1.807, 2.05) is 79.8 Å². The molecule has 4 aromatic carbocycles. The van der Waals surface area contributed by atoms with Crippen LogP contribution in [0.25, 0.3) is 44.7 Å². The topological polar surface area (TPSA) is 152 Å². The number of ether oxygens (including phenoxy) is 4. The lowest BCUT2D eigenvalue weighted by molar-refractivity contribution is -0.385. The molecule has 0 aliphatic heterocycles. The van der Waals surface area contributed by atoms with E-state index in [0.29, 0.717) is 11.3 Å². The molecule has 15 heteroatoms. The van der Waals surface area contributed by atoms with E-state index >= 15 is 0 Å². The van der Waals surface area contributed by atoms with Crippen molar-refractivity contribution in [3.05, 3.63) is 112 Å². The third kappa shape index (κ3) is 10.9. The second-order valence-corrected chi connectivity index (χ2v) is 14.6. The fraction of sp³-hybridized carbons (Fsp3) is 0.189. The molecule has 0 saturated carbocycles. The summed E-state index contributed by atoms with van der Waals surface area (Å²) in [6.07, 6.45) is 7.86. The van der Waals surface area contributed by atoms with Gasteiger partial charge >= 0.3 is 0 Å². The number of nitrogens with two attached hydrogens (primary N) is 1. The Kier molecular flexibility index (Phi) is 15.3. The number of nitro benzene ring substituents is 1. The van der Waals surface area contributed by atoms with E-state index in [9.17, 15) is 10.1 Å². The summed E-state index contributed by atoms with van der Waals surface area (Å²) in [7, 11) is 4.16. The van der Waals surface area contributed by atoms with E-state index in [0.717, 1.165) is 74.6 Å². The van der Waals surface area contributed by atoms with Crippen LogP contribution in [0.1, 0.15) is 32.3 Å². The number of halogens is 2. The van der Waals surface area contributed by atoms with E-state index in [1.54, 1.807) is 44.6 Å². The number of nitro groups is 1. The largest absolute Gasteiger partial charge is 0.466 e. The highest BCUT2D eigenvalue weighted by Gasteiger charge is 2.14. The second-order valence-electron chi connectivity index (χ2n) is 10.8. The number of methoxy groups -OCH3 is 2. The zero-order chi connectivity index (χ0) is 37.8. The molecule has 2 heterocycles. The van der Waals surface area contributed by atoms with Gasteiger partial charge in [0.15, 0.2) is 13.6 Å². The number of aliphatic hydroxyl groups excluding tert-OH is 1. The van der Waals surface area contributed by atoms with Gasteiger partial charge in [-0.15, -0.1) is 22.7 Å². The summed E-state index contributed by atoms with van der Waals surface area (Å²) in [6, 6.07) is 18.9. The van der Waals surface area contributed by atoms with Crippen LogP contribution in [0.15, 0.2) is 69.6 Å². The van der Waals surface area contributed by atoms with Crippen molar-refractivity contribution in [3.8, 4) is 11.5 Å². The third-order valence-electron chi connectivity index (χ3n) is 7.13. The fourth-order valence-corrected chi connectivity index (χ4v) is 7.40. The smallest absolute Gasteiger partial charge is 0.273 e. The van der Waals surface area contributed by atoms with E-state index in [-0.39, 0.29) is 24.2 Å². The number of hydrogen-bond acceptors (Lipinski definition) is 12. The Morgan fingerprint density at radius 3 is 1.65 bits per heavy atom. The van der Waals surface area contributed by atoms with Crippen molar-refractivity contribution in [2.45, 2.75) is 13.8 Å². The SMILES string of the molecule is CO.COCOc1ccc(/C=C/c2nc3cc(C)c(N)cc3s2)cc1Br.COCOc1ccc(/C=C/c2nc3cc(C)c([N+](=O)[O-])cc3s2)cc1Br. The molecule has 52 heavy (non-hydrogen) atoms. The minimum absolute atomic E-state index is 0.118. The van der Waals surface area contributed by atoms with Crippen LogP contribution < -0.4 is 15.2 Å². The standard InChI is InChI=1S/C18H15BrN2O4S.C18H17BrN2O2S.CH4O/c1-11-7-14-17(9-15(11)21(22)23)26-18(20-14)6-4-12-3-5-16(13(19)8-12)25-10-24-2;1-11-7-15-17(9-14(11)20)24-18(21-15)6-4-12-3-5-16(13(19)8-12)23-10-22-2;1-2/h3-9H,10H2,1-2H3;3-9H,10,20H2,1-2H3;2H,1H3/b2*6-4+;. The summed E-state index contributed by atoms with van der Waals surface area (Å²) in [4.78, 5) is 19.9. The number of anilines is 1. The van der Waals surface area contributed by atoms with Gasteiger partial charge in [-0.25, -0.2) is 9.97 Å². The van der Waals surface area contributed by atoms with Crippen molar-refractivity contribution in [3.63, 3.8) is 0 Å². The normalized spacial score (nSPS) is 11.1. The highest BCUT2D eigenvalue weighted by atomic mass is 79.9. The van der Waals surface area contributed by atoms with Gasteiger partial charge in [-0.3, -0.25) is 10.1 Å². The molecule has 3 N–H and O–H groups in total. The molecular weight excluding hydrogens is 836 g/mol. The van der Waals surface area contributed by atoms with Gasteiger partial charge in [0.25, 0.3) is 5.69 Å². The number of rotatable bonds is 11. The number of nitrogens with zero attached hydrogens (tertiary/aromatic N) is 3. The van der Waals surface area contributed by atoms with Crippen LogP contribution in [0.2, 0.25) is 0 Å². The zero-order valence-corrected chi connectivity index (χ0v) is 33.7. The number of nitrogen functional groups attached to an aromatic ring is 1. The molecule has 6 aromatic rings. The maximum atomic E-state index is 11.1. The Morgan fingerprint density at radius 2 is 1.21 bits per heavy atom. The van der Waals surface area contributed by atoms with Crippen LogP contribution in [0.4, 0.5) is 11.4 Å². The summed E-state index contributed by atoms with van der Waals surface area (Å²) in [5.74, 6) is 1.45. The lowest BCUT2D eigenvalue weighted by Gasteiger charge is -2.07. The quantitative estimate of drug-likeness (QED) is 0.0557. The van der Waals surface area contributed by atoms with E-state index < -0.39 is 0 Å². The average molecular weight is 873 g/mol. The van der Waals surface area contributed by atoms with Crippen molar-refractivity contribution in [1.82, 2.24) is 9.97 Å². The Hall–Kier alpha value is -4.22. The van der Waals surface area contributed by atoms with Gasteiger partial charge in [-0.1, -0.05) is 24.3 Å². The Bertz CT molecular complexity index is 2180. The predicted octanol–water partition coefficient (Wildman–Crippen LogP) is 10.1. The van der Waals surface area contributed by atoms with Crippen LogP contribution in [0.5, 0.6) is 11.5 Å². The van der Waals surface area contributed by atoms with Crippen LogP contribution in [0.3, 0.4) is 0 Å². The third-order valence-corrected chi connectivity index (χ3v) is 10.3. The lowest BCUT2D eigenvalue weighted by Crippen LogP contribution is -1.99. The van der Waals surface area contributed by atoms with Crippen LogP contribution in [0, 0.1) is 24.0 Å². The fourth-order valence-electron chi connectivity index (χ4n) is 4.59. The minimum atomic E-state index is -0.366. The molecule has 0 unspecified atom stereocenters. The van der Waals surface area contributed by atoms with Gasteiger partial charge < -0.3 is 29.8 Å². The molecule has 0 fully saturated rings. The number of benzene rings is 4. The molecular formula is C37H36Br2N4O7S2. The Labute approximate surface area is 325 Å². The Balaban J connectivity index is 0.000000223. The van der Waals surface area contributed by atoms with Crippen molar-refractivity contribution >= 4 is 111 Å². The van der Waals surface area contributed by atoms with Crippen molar-refractivity contribution in [2.24, 2.45) is 0 Å². The molecule has 0 aliphatic carbocycles. The second kappa shape index (κ2) is 19.6. The molecule has 11 nitrogen and oxygen atoms in total. The van der Waals surface area contributed by atoms with Crippen LogP contribution in [-0.4, -0.2) is 54.9 Å². The molecule has 6 rings (SSSR count). The molecule has 0 atom stereocenters. The van der Waals surface area contributed by atoms with Gasteiger partial charge in [-0.05, 0) is 117 Å². The first kappa shape index (κ1) is 40.5. The predicted molar refractivity (Wildman–Crippen MR) is 219 cm³/mol. The first-order valence-electron chi connectivity index (χ1n) is 15.4. The van der Waals surface area contributed by atoms with Crippen molar-refractivity contribution in [2.75, 3.05) is 40.6 Å². The maximum Gasteiger partial charge on any atom is 0.273 e.